The molecule has 0 saturated carbocycles. The molecule has 1 aliphatic rings. The third-order valence-electron chi connectivity index (χ3n) is 2.30. The highest BCUT2D eigenvalue weighted by Gasteiger charge is 2.20. The first-order chi connectivity index (χ1) is 7.22. The number of ether oxygens (including phenoxy) is 2. The average molecular weight is 207 g/mol. The maximum atomic E-state index is 11.7. The molecule has 1 heterocycles. The van der Waals surface area contributed by atoms with Gasteiger partial charge >= 0.3 is 0 Å². The summed E-state index contributed by atoms with van der Waals surface area (Å²) < 4.78 is 10.7. The number of benzene rings is 1. The van der Waals surface area contributed by atoms with E-state index < -0.39 is 0 Å². The second kappa shape index (κ2) is 3.81. The molecule has 0 aromatic heterocycles. The molecule has 4 nitrogen and oxygen atoms in total. The Morgan fingerprint density at radius 2 is 2.27 bits per heavy atom. The lowest BCUT2D eigenvalue weighted by atomic mass is 10.1. The van der Waals surface area contributed by atoms with E-state index in [0.29, 0.717) is 30.2 Å². The average Bonchev–Trinajstić information content (AvgIpc) is 2.40. The summed E-state index contributed by atoms with van der Waals surface area (Å²) in [6, 6.07) is 3.66. The van der Waals surface area contributed by atoms with E-state index in [1.165, 1.54) is 0 Å². The smallest absolute Gasteiger partial charge is 0.255 e. The summed E-state index contributed by atoms with van der Waals surface area (Å²) >= 11 is 0. The van der Waals surface area contributed by atoms with Crippen molar-refractivity contribution in [2.24, 2.45) is 0 Å². The number of nitrogens with one attached hydrogen (secondary N) is 1. The van der Waals surface area contributed by atoms with Gasteiger partial charge in [0.15, 0.2) is 11.5 Å². The van der Waals surface area contributed by atoms with E-state index in [2.05, 4.69) is 5.32 Å². The van der Waals surface area contributed by atoms with Crippen LogP contribution in [0.25, 0.3) is 0 Å². The lowest BCUT2D eigenvalue weighted by Crippen LogP contribution is -2.24. The Labute approximate surface area is 88.2 Å². The first-order valence-corrected chi connectivity index (χ1v) is 4.82. The highest BCUT2D eigenvalue weighted by atomic mass is 16.5. The van der Waals surface area contributed by atoms with Crippen LogP contribution in [0.3, 0.4) is 0 Å². The van der Waals surface area contributed by atoms with Gasteiger partial charge in [-0.2, -0.15) is 0 Å². The van der Waals surface area contributed by atoms with Crippen molar-refractivity contribution in [3.05, 3.63) is 23.3 Å². The Bertz CT molecular complexity index is 401. The van der Waals surface area contributed by atoms with Gasteiger partial charge in [0, 0.05) is 0 Å². The molecule has 4 heteroatoms. The number of aryl methyl sites for hydroxylation is 1. The molecule has 1 aromatic rings. The van der Waals surface area contributed by atoms with Crippen LogP contribution in [-0.2, 0) is 0 Å². The Morgan fingerprint density at radius 3 is 3.00 bits per heavy atom. The number of carbonyl (C=O) groups is 1. The van der Waals surface area contributed by atoms with Gasteiger partial charge < -0.3 is 14.8 Å². The predicted octanol–water partition coefficient (Wildman–Crippen LogP) is 1.13. The lowest BCUT2D eigenvalue weighted by Gasteiger charge is -2.11. The normalized spacial score (nSPS) is 14.7. The lowest BCUT2D eigenvalue weighted by molar-refractivity contribution is 0.0957. The van der Waals surface area contributed by atoms with Crippen LogP contribution < -0.4 is 14.8 Å². The van der Waals surface area contributed by atoms with Crippen molar-refractivity contribution in [2.45, 2.75) is 6.92 Å². The standard InChI is InChI=1S/C11H13NO3/c1-7-5-8-10(9(6-7)14-2)15-4-3-12-11(8)13/h5-6H,3-4H2,1-2H3,(H,12,13). The van der Waals surface area contributed by atoms with Gasteiger partial charge in [-0.1, -0.05) is 0 Å². The molecule has 0 spiro atoms. The maximum Gasteiger partial charge on any atom is 0.255 e. The minimum absolute atomic E-state index is 0.107. The van der Waals surface area contributed by atoms with E-state index in [9.17, 15) is 4.79 Å². The minimum Gasteiger partial charge on any atom is -0.493 e. The number of carbonyl (C=O) groups excluding carboxylic acids is 1. The van der Waals surface area contributed by atoms with Crippen LogP contribution in [0.15, 0.2) is 12.1 Å². The molecule has 0 atom stereocenters. The topological polar surface area (TPSA) is 47.6 Å². The van der Waals surface area contributed by atoms with Crippen molar-refractivity contribution < 1.29 is 14.3 Å². The van der Waals surface area contributed by atoms with E-state index in [1.807, 2.05) is 13.0 Å². The number of hydrogen-bond acceptors (Lipinski definition) is 3. The third kappa shape index (κ3) is 1.75. The fourth-order valence-electron chi connectivity index (χ4n) is 1.62. The van der Waals surface area contributed by atoms with Gasteiger partial charge in [0.1, 0.15) is 6.61 Å². The van der Waals surface area contributed by atoms with Crippen LogP contribution in [0.2, 0.25) is 0 Å². The molecule has 1 amide bonds. The SMILES string of the molecule is COc1cc(C)cc2c1OCCNC2=O. The van der Waals surface area contributed by atoms with Crippen LogP contribution in [-0.4, -0.2) is 26.2 Å². The van der Waals surface area contributed by atoms with Gasteiger partial charge in [0.05, 0.1) is 19.2 Å². The van der Waals surface area contributed by atoms with E-state index in [-0.39, 0.29) is 5.91 Å². The molecule has 1 aliphatic heterocycles. The molecular weight excluding hydrogens is 194 g/mol. The maximum absolute atomic E-state index is 11.7. The molecule has 0 unspecified atom stereocenters. The van der Waals surface area contributed by atoms with Gasteiger partial charge in [-0.25, -0.2) is 0 Å². The van der Waals surface area contributed by atoms with E-state index in [0.717, 1.165) is 5.56 Å². The van der Waals surface area contributed by atoms with Crippen molar-refractivity contribution >= 4 is 5.91 Å². The Hall–Kier alpha value is -1.71. The summed E-state index contributed by atoms with van der Waals surface area (Å²) in [6.45, 7) is 2.91. The van der Waals surface area contributed by atoms with Gasteiger partial charge in [-0.15, -0.1) is 0 Å². The molecule has 80 valence electrons. The van der Waals surface area contributed by atoms with Gasteiger partial charge in [-0.3, -0.25) is 4.79 Å². The van der Waals surface area contributed by atoms with Gasteiger partial charge in [0.2, 0.25) is 0 Å². The highest BCUT2D eigenvalue weighted by molar-refractivity contribution is 5.98. The highest BCUT2D eigenvalue weighted by Crippen LogP contribution is 2.33. The van der Waals surface area contributed by atoms with Crippen molar-refractivity contribution in [3.63, 3.8) is 0 Å². The van der Waals surface area contributed by atoms with Crippen LogP contribution >= 0.6 is 0 Å². The summed E-state index contributed by atoms with van der Waals surface area (Å²) in [5, 5.41) is 2.76. The van der Waals surface area contributed by atoms with Crippen LogP contribution in [0.1, 0.15) is 15.9 Å². The number of methoxy groups -OCH3 is 1. The van der Waals surface area contributed by atoms with Crippen LogP contribution in [0.5, 0.6) is 11.5 Å². The summed E-state index contributed by atoms with van der Waals surface area (Å²) in [5.41, 5.74) is 1.52. The van der Waals surface area contributed by atoms with E-state index >= 15 is 0 Å². The van der Waals surface area contributed by atoms with Crippen molar-refractivity contribution in [2.75, 3.05) is 20.3 Å². The molecule has 0 fully saturated rings. The Balaban J connectivity index is 2.58. The molecular formula is C11H13NO3. The fraction of sp³-hybridized carbons (Fsp3) is 0.364. The minimum atomic E-state index is -0.107. The first kappa shape index (κ1) is 9.83. The number of rotatable bonds is 1. The largest absolute Gasteiger partial charge is 0.493 e. The van der Waals surface area contributed by atoms with Crippen molar-refractivity contribution in [3.8, 4) is 11.5 Å². The van der Waals surface area contributed by atoms with Crippen LogP contribution in [0, 0.1) is 6.92 Å². The Morgan fingerprint density at radius 1 is 1.47 bits per heavy atom. The monoisotopic (exact) mass is 207 g/mol. The quantitative estimate of drug-likeness (QED) is 0.750. The first-order valence-electron chi connectivity index (χ1n) is 4.82. The van der Waals surface area contributed by atoms with Crippen molar-refractivity contribution in [1.29, 1.82) is 0 Å². The molecule has 15 heavy (non-hydrogen) atoms. The van der Waals surface area contributed by atoms with Crippen molar-refractivity contribution in [1.82, 2.24) is 5.32 Å². The molecule has 0 radical (unpaired) electrons. The number of hydrogen-bond donors (Lipinski definition) is 1. The van der Waals surface area contributed by atoms with E-state index in [4.69, 9.17) is 9.47 Å². The summed E-state index contributed by atoms with van der Waals surface area (Å²) in [4.78, 5) is 11.7. The summed E-state index contributed by atoms with van der Waals surface area (Å²) in [5.74, 6) is 1.05. The summed E-state index contributed by atoms with van der Waals surface area (Å²) in [6.07, 6.45) is 0. The second-order valence-corrected chi connectivity index (χ2v) is 3.45. The van der Waals surface area contributed by atoms with E-state index in [1.54, 1.807) is 13.2 Å². The second-order valence-electron chi connectivity index (χ2n) is 3.45. The zero-order valence-electron chi connectivity index (χ0n) is 8.79. The summed E-state index contributed by atoms with van der Waals surface area (Å²) in [7, 11) is 1.57. The molecule has 1 N–H and O–H groups in total. The Kier molecular flexibility index (Phi) is 2.49. The zero-order chi connectivity index (χ0) is 10.8. The zero-order valence-corrected chi connectivity index (χ0v) is 8.79. The molecule has 0 saturated heterocycles. The third-order valence-corrected chi connectivity index (χ3v) is 2.30. The van der Waals surface area contributed by atoms with Gasteiger partial charge in [-0.05, 0) is 24.6 Å². The van der Waals surface area contributed by atoms with Gasteiger partial charge in [0.25, 0.3) is 5.91 Å². The fourth-order valence-corrected chi connectivity index (χ4v) is 1.62. The number of fused-ring (bicyclic) bond motifs is 1. The van der Waals surface area contributed by atoms with Crippen LogP contribution in [0.4, 0.5) is 0 Å². The molecule has 0 bridgehead atoms. The molecule has 0 aliphatic carbocycles. The molecule has 1 aromatic carbocycles. The number of amides is 1. The predicted molar refractivity (Wildman–Crippen MR) is 55.6 cm³/mol. The molecule has 2 rings (SSSR count).